The molecule has 1 heterocycles. The van der Waals surface area contributed by atoms with Crippen molar-refractivity contribution in [2.45, 2.75) is 33.1 Å². The first-order chi connectivity index (χ1) is 12.2. The fraction of sp³-hybridized carbons (Fsp3) is 0.286. The number of benzene rings is 2. The van der Waals surface area contributed by atoms with Crippen molar-refractivity contribution in [3.05, 3.63) is 65.5 Å². The lowest BCUT2D eigenvalue weighted by Gasteiger charge is -2.11. The number of ether oxygens (including phenoxy) is 1. The molecule has 130 valence electrons. The molecule has 3 aromatic rings. The van der Waals surface area contributed by atoms with Gasteiger partial charge in [-0.2, -0.15) is 0 Å². The molecule has 0 unspecified atom stereocenters. The summed E-state index contributed by atoms with van der Waals surface area (Å²) in [4.78, 5) is 4.60. The summed E-state index contributed by atoms with van der Waals surface area (Å²) < 4.78 is 11.7. The van der Waals surface area contributed by atoms with Crippen LogP contribution in [0.1, 0.15) is 30.4 Å². The van der Waals surface area contributed by atoms with Crippen LogP contribution in [0.4, 0.5) is 0 Å². The lowest BCUT2D eigenvalue weighted by atomic mass is 10.1. The van der Waals surface area contributed by atoms with Crippen LogP contribution in [0.15, 0.2) is 52.9 Å². The Bertz CT molecular complexity index is 824. The zero-order chi connectivity index (χ0) is 17.6. The Morgan fingerprint density at radius 1 is 1.08 bits per heavy atom. The molecule has 0 aliphatic heterocycles. The van der Waals surface area contributed by atoms with Crippen molar-refractivity contribution in [2.75, 3.05) is 6.61 Å². The van der Waals surface area contributed by atoms with Gasteiger partial charge in [-0.05, 0) is 49.2 Å². The number of hydrogen-bond donors (Lipinski definition) is 1. The maximum atomic E-state index is 9.64. The molecule has 0 amide bonds. The average molecular weight is 337 g/mol. The molecular formula is C21H23NO3. The zero-order valence-corrected chi connectivity index (χ0v) is 14.7. The minimum Gasteiger partial charge on any atom is -0.508 e. The van der Waals surface area contributed by atoms with Gasteiger partial charge >= 0.3 is 0 Å². The van der Waals surface area contributed by atoms with Crippen LogP contribution in [0.2, 0.25) is 0 Å². The van der Waals surface area contributed by atoms with Crippen molar-refractivity contribution in [1.29, 1.82) is 0 Å². The highest BCUT2D eigenvalue weighted by Crippen LogP contribution is 2.26. The maximum absolute atomic E-state index is 9.64. The maximum Gasteiger partial charge on any atom is 0.226 e. The molecule has 0 aliphatic rings. The first-order valence-electron chi connectivity index (χ1n) is 8.63. The number of phenolic OH excluding ortho intramolecular Hbond substituents is 1. The lowest BCUT2D eigenvalue weighted by molar-refractivity contribution is 0.315. The smallest absolute Gasteiger partial charge is 0.226 e. The first-order valence-corrected chi connectivity index (χ1v) is 8.63. The largest absolute Gasteiger partial charge is 0.508 e. The number of oxazole rings is 1. The van der Waals surface area contributed by atoms with Gasteiger partial charge in [0.15, 0.2) is 0 Å². The average Bonchev–Trinajstić information content (AvgIpc) is 2.99. The van der Waals surface area contributed by atoms with Gasteiger partial charge in [0.05, 0.1) is 12.3 Å². The van der Waals surface area contributed by atoms with Crippen LogP contribution in [0.3, 0.4) is 0 Å². The van der Waals surface area contributed by atoms with Gasteiger partial charge in [-0.15, -0.1) is 0 Å². The zero-order valence-electron chi connectivity index (χ0n) is 14.7. The van der Waals surface area contributed by atoms with E-state index in [0.717, 1.165) is 41.2 Å². The van der Waals surface area contributed by atoms with Crippen LogP contribution in [0.5, 0.6) is 11.5 Å². The number of aromatic hydroxyl groups is 1. The van der Waals surface area contributed by atoms with E-state index in [0.29, 0.717) is 18.9 Å². The van der Waals surface area contributed by atoms with E-state index < -0.39 is 0 Å². The summed E-state index contributed by atoms with van der Waals surface area (Å²) >= 11 is 0. The lowest BCUT2D eigenvalue weighted by Crippen LogP contribution is -2.04. The summed E-state index contributed by atoms with van der Waals surface area (Å²) in [6, 6.07) is 15.1. The van der Waals surface area contributed by atoms with Gasteiger partial charge in [0.2, 0.25) is 5.89 Å². The van der Waals surface area contributed by atoms with Gasteiger partial charge in [-0.25, -0.2) is 4.98 Å². The SMILES string of the molecule is CCCc1cc(O)ccc1OCCc1nc(-c2ccccc2)oc1C. The quantitative estimate of drug-likeness (QED) is 0.664. The molecule has 4 nitrogen and oxygen atoms in total. The second kappa shape index (κ2) is 7.88. The number of rotatable bonds is 7. The molecule has 0 atom stereocenters. The molecule has 1 N–H and O–H groups in total. The standard InChI is InChI=1S/C21H23NO3/c1-3-7-17-14-18(23)10-11-20(17)24-13-12-19-15(2)25-21(22-19)16-8-5-4-6-9-16/h4-6,8-11,14,23H,3,7,12-13H2,1-2H3. The molecule has 25 heavy (non-hydrogen) atoms. The van der Waals surface area contributed by atoms with Crippen LogP contribution in [-0.2, 0) is 12.8 Å². The van der Waals surface area contributed by atoms with Gasteiger partial charge in [0, 0.05) is 12.0 Å². The molecule has 0 aliphatic carbocycles. The minimum absolute atomic E-state index is 0.274. The van der Waals surface area contributed by atoms with Crippen molar-refractivity contribution >= 4 is 0 Å². The Balaban J connectivity index is 1.66. The van der Waals surface area contributed by atoms with Crippen LogP contribution >= 0.6 is 0 Å². The highest BCUT2D eigenvalue weighted by Gasteiger charge is 2.12. The molecule has 2 aromatic carbocycles. The molecule has 1 aromatic heterocycles. The second-order valence-electron chi connectivity index (χ2n) is 6.03. The first kappa shape index (κ1) is 17.1. The molecule has 0 saturated carbocycles. The van der Waals surface area contributed by atoms with Gasteiger partial charge < -0.3 is 14.3 Å². The fourth-order valence-electron chi connectivity index (χ4n) is 2.79. The van der Waals surface area contributed by atoms with Gasteiger partial charge in [0.1, 0.15) is 17.3 Å². The van der Waals surface area contributed by atoms with E-state index in [4.69, 9.17) is 9.15 Å². The van der Waals surface area contributed by atoms with Crippen molar-refractivity contribution in [3.8, 4) is 23.0 Å². The predicted octanol–water partition coefficient (Wildman–Crippen LogP) is 4.93. The Morgan fingerprint density at radius 3 is 2.64 bits per heavy atom. The third-order valence-corrected chi connectivity index (χ3v) is 4.07. The van der Waals surface area contributed by atoms with Crippen LogP contribution < -0.4 is 4.74 Å². The van der Waals surface area contributed by atoms with Gasteiger partial charge in [0.25, 0.3) is 0 Å². The summed E-state index contributed by atoms with van der Waals surface area (Å²) in [5, 5.41) is 9.64. The molecule has 3 rings (SSSR count). The van der Waals surface area contributed by atoms with Crippen molar-refractivity contribution in [3.63, 3.8) is 0 Å². The number of hydrogen-bond acceptors (Lipinski definition) is 4. The van der Waals surface area contributed by atoms with E-state index in [1.54, 1.807) is 12.1 Å². The van der Waals surface area contributed by atoms with Crippen LogP contribution in [0.25, 0.3) is 11.5 Å². The Hall–Kier alpha value is -2.75. The number of aryl methyl sites for hydroxylation is 2. The van der Waals surface area contributed by atoms with Crippen molar-refractivity contribution in [1.82, 2.24) is 4.98 Å². The summed E-state index contributed by atoms with van der Waals surface area (Å²) in [6.45, 7) is 4.55. The number of aromatic nitrogens is 1. The van der Waals surface area contributed by atoms with Crippen LogP contribution in [-0.4, -0.2) is 16.7 Å². The van der Waals surface area contributed by atoms with E-state index in [1.165, 1.54) is 0 Å². The highest BCUT2D eigenvalue weighted by atomic mass is 16.5. The van der Waals surface area contributed by atoms with E-state index in [2.05, 4.69) is 11.9 Å². The Morgan fingerprint density at radius 2 is 1.88 bits per heavy atom. The summed E-state index contributed by atoms with van der Waals surface area (Å²) in [5.74, 6) is 2.56. The van der Waals surface area contributed by atoms with Gasteiger partial charge in [-0.1, -0.05) is 31.5 Å². The Labute approximate surface area is 148 Å². The van der Waals surface area contributed by atoms with E-state index >= 15 is 0 Å². The predicted molar refractivity (Wildman–Crippen MR) is 98.0 cm³/mol. The third kappa shape index (κ3) is 4.21. The fourth-order valence-corrected chi connectivity index (χ4v) is 2.79. The van der Waals surface area contributed by atoms with E-state index in [1.807, 2.05) is 43.3 Å². The summed E-state index contributed by atoms with van der Waals surface area (Å²) in [7, 11) is 0. The second-order valence-corrected chi connectivity index (χ2v) is 6.03. The van der Waals surface area contributed by atoms with E-state index in [9.17, 15) is 5.11 Å². The number of nitrogens with zero attached hydrogens (tertiary/aromatic N) is 1. The van der Waals surface area contributed by atoms with Crippen LogP contribution in [0, 0.1) is 6.92 Å². The third-order valence-electron chi connectivity index (χ3n) is 4.07. The molecular weight excluding hydrogens is 314 g/mol. The summed E-state index contributed by atoms with van der Waals surface area (Å²) in [6.07, 6.45) is 2.56. The molecule has 0 fully saturated rings. The van der Waals surface area contributed by atoms with Crippen molar-refractivity contribution < 1.29 is 14.3 Å². The minimum atomic E-state index is 0.274. The topological polar surface area (TPSA) is 55.5 Å². The van der Waals surface area contributed by atoms with E-state index in [-0.39, 0.29) is 5.75 Å². The Kier molecular flexibility index (Phi) is 5.39. The monoisotopic (exact) mass is 337 g/mol. The molecule has 0 radical (unpaired) electrons. The molecule has 0 bridgehead atoms. The van der Waals surface area contributed by atoms with Gasteiger partial charge in [-0.3, -0.25) is 0 Å². The normalized spacial score (nSPS) is 10.8. The van der Waals surface area contributed by atoms with Crippen molar-refractivity contribution in [2.24, 2.45) is 0 Å². The summed E-state index contributed by atoms with van der Waals surface area (Å²) in [5.41, 5.74) is 2.92. The molecule has 0 spiro atoms. The highest BCUT2D eigenvalue weighted by molar-refractivity contribution is 5.53. The molecule has 4 heteroatoms. The molecule has 0 saturated heterocycles. The number of phenols is 1.